The number of carbonyl (C=O) groups is 2. The number of anilines is 1. The molecular formula is C29H24ClN3O7S. The molecule has 0 saturated carbocycles. The highest BCUT2D eigenvalue weighted by Gasteiger charge is 2.18. The maximum atomic E-state index is 12.8. The third-order valence-corrected chi connectivity index (χ3v) is 7.26. The lowest BCUT2D eigenvalue weighted by molar-refractivity contribution is 0.0734. The highest BCUT2D eigenvalue weighted by atomic mass is 35.5. The number of amides is 1. The molecule has 0 spiro atoms. The van der Waals surface area contributed by atoms with Gasteiger partial charge in [-0.3, -0.25) is 9.52 Å². The number of hydrogen-bond donors (Lipinski definition) is 2. The number of carbonyl (C=O) groups excluding carboxylic acids is 2. The van der Waals surface area contributed by atoms with Crippen molar-refractivity contribution < 1.29 is 32.2 Å². The van der Waals surface area contributed by atoms with E-state index in [1.165, 1.54) is 62.9 Å². The molecule has 0 aliphatic rings. The van der Waals surface area contributed by atoms with Gasteiger partial charge in [0.15, 0.2) is 11.5 Å². The number of halogens is 1. The Morgan fingerprint density at radius 1 is 0.854 bits per heavy atom. The van der Waals surface area contributed by atoms with E-state index in [0.29, 0.717) is 27.8 Å². The monoisotopic (exact) mass is 593 g/mol. The van der Waals surface area contributed by atoms with Crippen molar-refractivity contribution in [3.05, 3.63) is 113 Å². The Bertz CT molecular complexity index is 1690. The van der Waals surface area contributed by atoms with Crippen LogP contribution in [0.4, 0.5) is 5.69 Å². The van der Waals surface area contributed by atoms with Crippen molar-refractivity contribution >= 4 is 45.4 Å². The molecule has 1 amide bonds. The maximum Gasteiger partial charge on any atom is 0.343 e. The molecule has 4 aromatic rings. The molecule has 41 heavy (non-hydrogen) atoms. The summed E-state index contributed by atoms with van der Waals surface area (Å²) in [6, 6.07) is 22.9. The lowest BCUT2D eigenvalue weighted by Gasteiger charge is -2.11. The number of para-hydroxylation sites is 1. The van der Waals surface area contributed by atoms with Gasteiger partial charge in [0.1, 0.15) is 5.75 Å². The van der Waals surface area contributed by atoms with Gasteiger partial charge in [-0.1, -0.05) is 23.7 Å². The van der Waals surface area contributed by atoms with E-state index in [4.69, 9.17) is 25.8 Å². The first-order valence-corrected chi connectivity index (χ1v) is 13.8. The van der Waals surface area contributed by atoms with Crippen LogP contribution in [0.15, 0.2) is 101 Å². The molecule has 0 aliphatic carbocycles. The van der Waals surface area contributed by atoms with Gasteiger partial charge in [0.05, 0.1) is 42.1 Å². The van der Waals surface area contributed by atoms with Gasteiger partial charge in [0.2, 0.25) is 0 Å². The highest BCUT2D eigenvalue weighted by Crippen LogP contribution is 2.28. The van der Waals surface area contributed by atoms with Crippen LogP contribution in [0.2, 0.25) is 5.02 Å². The molecule has 10 nitrogen and oxygen atoms in total. The van der Waals surface area contributed by atoms with Gasteiger partial charge in [-0.25, -0.2) is 18.6 Å². The average molecular weight is 594 g/mol. The minimum Gasteiger partial charge on any atom is -0.493 e. The number of hydrogen-bond acceptors (Lipinski definition) is 8. The minimum atomic E-state index is -3.96. The Hall–Kier alpha value is -4.87. The van der Waals surface area contributed by atoms with Crippen molar-refractivity contribution in [1.82, 2.24) is 5.43 Å². The largest absolute Gasteiger partial charge is 0.493 e. The Kier molecular flexibility index (Phi) is 9.23. The topological polar surface area (TPSA) is 132 Å². The van der Waals surface area contributed by atoms with Crippen molar-refractivity contribution in [1.29, 1.82) is 0 Å². The Morgan fingerprint density at radius 2 is 1.54 bits per heavy atom. The second-order valence-corrected chi connectivity index (χ2v) is 10.5. The zero-order valence-corrected chi connectivity index (χ0v) is 23.4. The predicted molar refractivity (Wildman–Crippen MR) is 155 cm³/mol. The van der Waals surface area contributed by atoms with Crippen molar-refractivity contribution in [3.63, 3.8) is 0 Å². The summed E-state index contributed by atoms with van der Waals surface area (Å²) in [6.45, 7) is 0. The van der Waals surface area contributed by atoms with Gasteiger partial charge in [0.25, 0.3) is 15.9 Å². The van der Waals surface area contributed by atoms with Crippen LogP contribution < -0.4 is 24.4 Å². The van der Waals surface area contributed by atoms with Crippen molar-refractivity contribution in [2.24, 2.45) is 5.10 Å². The number of methoxy groups -OCH3 is 2. The molecule has 0 saturated heterocycles. The number of benzene rings is 4. The van der Waals surface area contributed by atoms with Crippen molar-refractivity contribution in [2.45, 2.75) is 4.90 Å². The van der Waals surface area contributed by atoms with Crippen LogP contribution >= 0.6 is 11.6 Å². The summed E-state index contributed by atoms with van der Waals surface area (Å²) in [4.78, 5) is 25.3. The first-order chi connectivity index (χ1) is 19.7. The molecule has 0 fully saturated rings. The van der Waals surface area contributed by atoms with Crippen molar-refractivity contribution in [2.75, 3.05) is 18.9 Å². The van der Waals surface area contributed by atoms with E-state index in [9.17, 15) is 18.0 Å². The summed E-state index contributed by atoms with van der Waals surface area (Å²) in [5.41, 5.74) is 3.42. The molecule has 4 rings (SSSR count). The van der Waals surface area contributed by atoms with Crippen LogP contribution in [0.5, 0.6) is 17.2 Å². The van der Waals surface area contributed by atoms with E-state index in [2.05, 4.69) is 15.2 Å². The Balaban J connectivity index is 1.38. The summed E-state index contributed by atoms with van der Waals surface area (Å²) >= 11 is 5.84. The van der Waals surface area contributed by atoms with Gasteiger partial charge in [-0.2, -0.15) is 5.10 Å². The zero-order chi connectivity index (χ0) is 29.4. The van der Waals surface area contributed by atoms with E-state index in [1.807, 2.05) is 0 Å². The third kappa shape index (κ3) is 7.41. The smallest absolute Gasteiger partial charge is 0.343 e. The Labute approximate surface area is 241 Å². The number of sulfonamides is 1. The van der Waals surface area contributed by atoms with E-state index in [1.54, 1.807) is 48.5 Å². The molecule has 0 unspecified atom stereocenters. The van der Waals surface area contributed by atoms with Crippen LogP contribution in [0.25, 0.3) is 0 Å². The molecule has 0 bridgehead atoms. The molecule has 4 aromatic carbocycles. The maximum absolute atomic E-state index is 12.8. The van der Waals surface area contributed by atoms with Crippen molar-refractivity contribution in [3.8, 4) is 17.2 Å². The molecule has 210 valence electrons. The van der Waals surface area contributed by atoms with E-state index >= 15 is 0 Å². The molecule has 0 heterocycles. The van der Waals surface area contributed by atoms with Gasteiger partial charge in [-0.05, 0) is 84.4 Å². The summed E-state index contributed by atoms with van der Waals surface area (Å²) in [5, 5.41) is 4.34. The number of nitrogens with zero attached hydrogens (tertiary/aromatic N) is 1. The highest BCUT2D eigenvalue weighted by molar-refractivity contribution is 7.92. The Morgan fingerprint density at radius 3 is 2.22 bits per heavy atom. The van der Waals surface area contributed by atoms with Gasteiger partial charge >= 0.3 is 5.97 Å². The second kappa shape index (κ2) is 13.0. The minimum absolute atomic E-state index is 0.00650. The molecule has 0 aliphatic heterocycles. The van der Waals surface area contributed by atoms with Gasteiger partial charge in [-0.15, -0.1) is 0 Å². The lowest BCUT2D eigenvalue weighted by Crippen LogP contribution is -2.21. The first kappa shape index (κ1) is 29.1. The lowest BCUT2D eigenvalue weighted by atomic mass is 10.2. The number of esters is 1. The second-order valence-electron chi connectivity index (χ2n) is 8.33. The third-order valence-electron chi connectivity index (χ3n) is 5.63. The van der Waals surface area contributed by atoms with Crippen LogP contribution in [-0.2, 0) is 10.0 Å². The van der Waals surface area contributed by atoms with Gasteiger partial charge in [0, 0.05) is 5.02 Å². The first-order valence-electron chi connectivity index (χ1n) is 12.0. The average Bonchev–Trinajstić information content (AvgIpc) is 2.97. The molecule has 0 radical (unpaired) electrons. The number of ether oxygens (including phenoxy) is 3. The quantitative estimate of drug-likeness (QED) is 0.113. The summed E-state index contributed by atoms with van der Waals surface area (Å²) in [5.74, 6) is -0.0198. The fraction of sp³-hybridized carbons (Fsp3) is 0.0690. The molecular weight excluding hydrogens is 570 g/mol. The molecule has 0 atom stereocenters. The van der Waals surface area contributed by atoms with Crippen LogP contribution in [0.1, 0.15) is 26.3 Å². The number of nitrogens with one attached hydrogen (secondary N) is 2. The number of rotatable bonds is 10. The standard InChI is InChI=1S/C29H24ClN3O7S/c1-38-26-16-9-20(17-27(26)39-2)29(35)40-22-12-7-19(8-13-22)18-31-32-28(34)24-5-3-4-6-25(24)33-41(36,37)23-14-10-21(30)11-15-23/h3-18,33H,1-2H3,(H,32,34). The van der Waals surface area contributed by atoms with Crippen LogP contribution in [0.3, 0.4) is 0 Å². The predicted octanol–water partition coefficient (Wildman–Crippen LogP) is 5.14. The van der Waals surface area contributed by atoms with Crippen LogP contribution in [-0.4, -0.2) is 40.7 Å². The number of hydrazone groups is 1. The summed E-state index contributed by atoms with van der Waals surface area (Å²) < 4.78 is 43.7. The molecule has 2 N–H and O–H groups in total. The van der Waals surface area contributed by atoms with E-state index < -0.39 is 21.9 Å². The fourth-order valence-electron chi connectivity index (χ4n) is 3.56. The van der Waals surface area contributed by atoms with E-state index in [0.717, 1.165) is 0 Å². The van der Waals surface area contributed by atoms with E-state index in [-0.39, 0.29) is 21.7 Å². The summed E-state index contributed by atoms with van der Waals surface area (Å²) in [6.07, 6.45) is 1.39. The SMILES string of the molecule is COc1ccc(C(=O)Oc2ccc(C=NNC(=O)c3ccccc3NS(=O)(=O)c3ccc(Cl)cc3)cc2)cc1OC. The summed E-state index contributed by atoms with van der Waals surface area (Å²) in [7, 11) is -0.992. The zero-order valence-electron chi connectivity index (χ0n) is 21.8. The van der Waals surface area contributed by atoms with Crippen LogP contribution in [0, 0.1) is 0 Å². The molecule has 0 aromatic heterocycles. The normalized spacial score (nSPS) is 11.1. The fourth-order valence-corrected chi connectivity index (χ4v) is 4.77. The molecule has 12 heteroatoms. The van der Waals surface area contributed by atoms with Gasteiger partial charge < -0.3 is 14.2 Å².